The van der Waals surface area contributed by atoms with Gasteiger partial charge in [0, 0.05) is 11.8 Å². The van der Waals surface area contributed by atoms with Crippen LogP contribution in [0.4, 0.5) is 0 Å². The fourth-order valence-electron chi connectivity index (χ4n) is 7.42. The molecule has 0 aliphatic heterocycles. The zero-order valence-electron chi connectivity index (χ0n) is 26.8. The highest BCUT2D eigenvalue weighted by molar-refractivity contribution is 5.77. The number of allylic oxidation sites excluding steroid dienone is 13. The molecule has 0 N–H and O–H groups in total. The molecule has 3 aliphatic carbocycles. The van der Waals surface area contributed by atoms with Crippen LogP contribution >= 0.6 is 0 Å². The van der Waals surface area contributed by atoms with Gasteiger partial charge in [-0.1, -0.05) is 124 Å². The number of hydrogen-bond acceptors (Lipinski definition) is 0. The van der Waals surface area contributed by atoms with Gasteiger partial charge in [-0.15, -0.1) is 0 Å². The minimum Gasteiger partial charge on any atom is -0.0955 e. The number of hydrogen-bond donors (Lipinski definition) is 0. The maximum Gasteiger partial charge on any atom is 0.0203 e. The van der Waals surface area contributed by atoms with E-state index < -0.39 is 0 Å². The Labute approximate surface area is 255 Å². The van der Waals surface area contributed by atoms with Gasteiger partial charge in [-0.3, -0.25) is 0 Å². The lowest BCUT2D eigenvalue weighted by atomic mass is 9.68. The summed E-state index contributed by atoms with van der Waals surface area (Å²) in [6.45, 7) is 27.0. The first kappa shape index (κ1) is 29.8. The van der Waals surface area contributed by atoms with Gasteiger partial charge in [-0.05, 0) is 120 Å². The van der Waals surface area contributed by atoms with Gasteiger partial charge < -0.3 is 0 Å². The molecule has 0 bridgehead atoms. The summed E-state index contributed by atoms with van der Waals surface area (Å²) >= 11 is 0. The van der Waals surface area contributed by atoms with Crippen molar-refractivity contribution in [2.75, 3.05) is 0 Å². The van der Waals surface area contributed by atoms with Gasteiger partial charge in [-0.2, -0.15) is 0 Å². The Morgan fingerprint density at radius 3 is 2.38 bits per heavy atom. The summed E-state index contributed by atoms with van der Waals surface area (Å²) in [7, 11) is 0. The average Bonchev–Trinajstić information content (AvgIpc) is 3.55. The van der Waals surface area contributed by atoms with E-state index >= 15 is 0 Å². The molecule has 0 heterocycles. The van der Waals surface area contributed by atoms with Gasteiger partial charge in [0.25, 0.3) is 0 Å². The largest absolute Gasteiger partial charge is 0.0955 e. The van der Waals surface area contributed by atoms with Crippen molar-refractivity contribution < 1.29 is 0 Å². The Morgan fingerprint density at radius 1 is 0.929 bits per heavy atom. The second kappa shape index (κ2) is 12.3. The van der Waals surface area contributed by atoms with E-state index in [9.17, 15) is 0 Å². The summed E-state index contributed by atoms with van der Waals surface area (Å²) in [6.07, 6.45) is 15.7. The number of benzene rings is 2. The van der Waals surface area contributed by atoms with E-state index in [2.05, 4.69) is 115 Å². The summed E-state index contributed by atoms with van der Waals surface area (Å²) in [5, 5.41) is 0. The fourth-order valence-corrected chi connectivity index (χ4v) is 7.42. The van der Waals surface area contributed by atoms with Crippen molar-refractivity contribution in [1.29, 1.82) is 0 Å². The molecule has 0 amide bonds. The van der Waals surface area contributed by atoms with Crippen molar-refractivity contribution in [2.45, 2.75) is 86.0 Å². The first-order valence-corrected chi connectivity index (χ1v) is 15.9. The van der Waals surface area contributed by atoms with Crippen LogP contribution < -0.4 is 0 Å². The third kappa shape index (κ3) is 5.57. The van der Waals surface area contributed by atoms with Crippen LogP contribution in [-0.4, -0.2) is 0 Å². The molecule has 2 aromatic rings. The van der Waals surface area contributed by atoms with E-state index in [4.69, 9.17) is 6.58 Å². The lowest BCUT2D eigenvalue weighted by Crippen LogP contribution is -2.22. The van der Waals surface area contributed by atoms with Crippen molar-refractivity contribution in [3.8, 4) is 0 Å². The smallest absolute Gasteiger partial charge is 0.0203 e. The number of fused-ring (bicyclic) bond motifs is 1. The Balaban J connectivity index is 1.48. The van der Waals surface area contributed by atoms with Gasteiger partial charge in [0.15, 0.2) is 0 Å². The van der Waals surface area contributed by atoms with Crippen molar-refractivity contribution in [1.82, 2.24) is 0 Å². The molecule has 1 fully saturated rings. The Morgan fingerprint density at radius 2 is 1.71 bits per heavy atom. The highest BCUT2D eigenvalue weighted by atomic mass is 14.4. The third-order valence-electron chi connectivity index (χ3n) is 9.64. The zero-order valence-corrected chi connectivity index (χ0v) is 26.8. The van der Waals surface area contributed by atoms with Gasteiger partial charge in [0.05, 0.1) is 0 Å². The zero-order chi connectivity index (χ0) is 30.1. The highest BCUT2D eigenvalue weighted by Gasteiger charge is 2.41. The maximum absolute atomic E-state index is 4.80. The van der Waals surface area contributed by atoms with E-state index in [0.717, 1.165) is 44.1 Å². The second-order valence-electron chi connectivity index (χ2n) is 12.7. The molecular weight excluding hydrogens is 504 g/mol. The summed E-state index contributed by atoms with van der Waals surface area (Å²) in [5.74, 6) is 0.581. The van der Waals surface area contributed by atoms with Crippen molar-refractivity contribution in [2.24, 2.45) is 5.92 Å². The molecular formula is C42H48. The molecule has 2 atom stereocenters. The average molecular weight is 553 g/mol. The SMILES string of the molecule is C=C(CCC)C1=C(C)C=C2C/C(=C\C3=CC=C(c4ccc(C(=C)C)cc4C)C3)C(=C)C2C1c1cc(CC)ccc1CC. The van der Waals surface area contributed by atoms with Crippen LogP contribution in [0.25, 0.3) is 11.1 Å². The van der Waals surface area contributed by atoms with Crippen LogP contribution in [0, 0.1) is 12.8 Å². The maximum atomic E-state index is 4.80. The molecule has 0 nitrogen and oxygen atoms in total. The summed E-state index contributed by atoms with van der Waals surface area (Å²) in [6, 6.07) is 13.9. The molecule has 5 rings (SSSR count). The van der Waals surface area contributed by atoms with E-state index in [0.29, 0.717) is 5.92 Å². The molecule has 2 unspecified atom stereocenters. The van der Waals surface area contributed by atoms with Gasteiger partial charge in [-0.25, -0.2) is 0 Å². The van der Waals surface area contributed by atoms with Gasteiger partial charge in [0.1, 0.15) is 0 Å². The first-order chi connectivity index (χ1) is 20.2. The molecule has 2 aromatic carbocycles. The van der Waals surface area contributed by atoms with Crippen molar-refractivity contribution in [3.05, 3.63) is 153 Å². The molecule has 0 heteroatoms. The van der Waals surface area contributed by atoms with Crippen LogP contribution in [-0.2, 0) is 12.8 Å². The molecule has 0 spiro atoms. The second-order valence-corrected chi connectivity index (χ2v) is 12.7. The normalized spacial score (nSPS) is 21.0. The van der Waals surface area contributed by atoms with E-state index in [-0.39, 0.29) is 5.92 Å². The molecule has 1 saturated carbocycles. The summed E-state index contributed by atoms with van der Waals surface area (Å²) in [4.78, 5) is 0. The van der Waals surface area contributed by atoms with Gasteiger partial charge >= 0.3 is 0 Å². The lowest BCUT2D eigenvalue weighted by Gasteiger charge is -2.36. The van der Waals surface area contributed by atoms with Gasteiger partial charge in [0.2, 0.25) is 0 Å². The van der Waals surface area contributed by atoms with Crippen molar-refractivity contribution >= 4 is 11.1 Å². The van der Waals surface area contributed by atoms with Crippen molar-refractivity contribution in [3.63, 3.8) is 0 Å². The molecule has 216 valence electrons. The highest BCUT2D eigenvalue weighted by Crippen LogP contribution is 2.55. The van der Waals surface area contributed by atoms with E-state index in [1.165, 1.54) is 78.0 Å². The molecule has 0 aromatic heterocycles. The third-order valence-corrected chi connectivity index (χ3v) is 9.64. The fraction of sp³-hybridized carbons (Fsp3) is 0.333. The molecule has 0 saturated heterocycles. The lowest BCUT2D eigenvalue weighted by molar-refractivity contribution is 0.613. The van der Waals surface area contributed by atoms with E-state index in [1.54, 1.807) is 0 Å². The van der Waals surface area contributed by atoms with Crippen LogP contribution in [0.1, 0.15) is 99.6 Å². The predicted molar refractivity (Wildman–Crippen MR) is 185 cm³/mol. The Hall–Kier alpha value is -3.64. The minimum atomic E-state index is 0.282. The topological polar surface area (TPSA) is 0 Å². The molecule has 42 heavy (non-hydrogen) atoms. The predicted octanol–water partition coefficient (Wildman–Crippen LogP) is 11.8. The molecule has 3 aliphatic rings. The van der Waals surface area contributed by atoms with E-state index in [1.807, 2.05) is 0 Å². The Kier molecular flexibility index (Phi) is 8.74. The standard InChI is InChI=1S/C42H48/c1-10-13-27(6)40-29(8)21-37-25-36(30(9)41(37)42(40)39-24-31(11-2)14-16-33(39)12-3)23-32-15-17-35(22-32)38-19-18-34(26(4)5)20-28(38)7/h14-21,23-24,41-42H,4,6,9-13,22,25H2,1-3,5,7-8H3/b36-23+. The van der Waals surface area contributed by atoms with Crippen LogP contribution in [0.15, 0.2) is 119 Å². The van der Waals surface area contributed by atoms with Crippen LogP contribution in [0.2, 0.25) is 0 Å². The quantitative estimate of drug-likeness (QED) is 0.290. The Bertz CT molecular complexity index is 1620. The summed E-state index contributed by atoms with van der Waals surface area (Å²) in [5.41, 5.74) is 20.5. The monoisotopic (exact) mass is 552 g/mol. The molecule has 0 radical (unpaired) electrons. The van der Waals surface area contributed by atoms with Crippen LogP contribution in [0.5, 0.6) is 0 Å². The van der Waals surface area contributed by atoms with Crippen LogP contribution in [0.3, 0.4) is 0 Å². The number of aryl methyl sites for hydroxylation is 3. The summed E-state index contributed by atoms with van der Waals surface area (Å²) < 4.78 is 0. The minimum absolute atomic E-state index is 0.282. The first-order valence-electron chi connectivity index (χ1n) is 15.9. The number of rotatable bonds is 9.